The number of amides is 1. The minimum Gasteiger partial charge on any atom is -0.588 e. The molecule has 9 heteroatoms. The van der Waals surface area contributed by atoms with E-state index < -0.39 is 10.4 Å². The molecule has 1 unspecified atom stereocenters. The van der Waals surface area contributed by atoms with Crippen molar-refractivity contribution in [2.45, 2.75) is 17.7 Å². The second kappa shape index (κ2) is 7.39. The minimum atomic E-state index is -3.67. The van der Waals surface area contributed by atoms with E-state index in [4.69, 9.17) is 0 Å². The smallest absolute Gasteiger partial charge is 0.227 e. The average Bonchev–Trinajstić information content (AvgIpc) is 3.08. The first-order valence-electron chi connectivity index (χ1n) is 7.58. The lowest BCUT2D eigenvalue weighted by atomic mass is 9.97. The van der Waals surface area contributed by atoms with Gasteiger partial charge in [-0.3, -0.25) is 4.79 Å². The highest BCUT2D eigenvalue weighted by Crippen LogP contribution is 2.23. The van der Waals surface area contributed by atoms with Gasteiger partial charge in [0, 0.05) is 23.2 Å². The second-order valence-electron chi connectivity index (χ2n) is 5.48. The van der Waals surface area contributed by atoms with Crippen molar-refractivity contribution in [1.82, 2.24) is 10.3 Å². The molecule has 1 aliphatic heterocycles. The SMILES string of the molecule is O=C(Nc1ccc([S+](=O)([O-])Nc2nccs2)cc1)C1CCNCC1. The topological polar surface area (TPSA) is 106 Å². The van der Waals surface area contributed by atoms with E-state index in [0.717, 1.165) is 25.9 Å². The fraction of sp³-hybridized carbons (Fsp3) is 0.333. The number of thiazole rings is 1. The Kier molecular flexibility index (Phi) is 5.24. The van der Waals surface area contributed by atoms with Crippen LogP contribution in [-0.4, -0.2) is 28.5 Å². The van der Waals surface area contributed by atoms with Crippen LogP contribution in [0.3, 0.4) is 0 Å². The predicted molar refractivity (Wildman–Crippen MR) is 93.5 cm³/mol. The molecule has 3 rings (SSSR count). The normalized spacial score (nSPS) is 17.9. The van der Waals surface area contributed by atoms with Gasteiger partial charge in [-0.05, 0) is 50.2 Å². The molecule has 2 aromatic rings. The van der Waals surface area contributed by atoms with Crippen LogP contribution in [0.4, 0.5) is 10.8 Å². The lowest BCUT2D eigenvalue weighted by Gasteiger charge is -2.21. The molecule has 0 bridgehead atoms. The zero-order chi connectivity index (χ0) is 17.0. The van der Waals surface area contributed by atoms with Crippen molar-refractivity contribution >= 4 is 38.5 Å². The zero-order valence-corrected chi connectivity index (χ0v) is 14.5. The molecule has 0 saturated carbocycles. The van der Waals surface area contributed by atoms with Crippen LogP contribution < -0.4 is 15.4 Å². The molecule has 1 fully saturated rings. The maximum atomic E-state index is 12.2. The molecule has 2 heterocycles. The van der Waals surface area contributed by atoms with Gasteiger partial charge in [0.1, 0.15) is 0 Å². The van der Waals surface area contributed by atoms with Crippen molar-refractivity contribution in [3.63, 3.8) is 0 Å². The van der Waals surface area contributed by atoms with Gasteiger partial charge in [0.2, 0.25) is 11.0 Å². The minimum absolute atomic E-state index is 0.00114. The average molecular weight is 366 g/mol. The van der Waals surface area contributed by atoms with Gasteiger partial charge in [0.25, 0.3) is 0 Å². The predicted octanol–water partition coefficient (Wildman–Crippen LogP) is 2.10. The molecule has 1 aromatic heterocycles. The first-order valence-corrected chi connectivity index (χ1v) is 9.95. The zero-order valence-electron chi connectivity index (χ0n) is 12.9. The summed E-state index contributed by atoms with van der Waals surface area (Å²) in [7, 11) is -3.67. The first-order chi connectivity index (χ1) is 11.5. The van der Waals surface area contributed by atoms with Crippen LogP contribution in [0.1, 0.15) is 12.8 Å². The summed E-state index contributed by atoms with van der Waals surface area (Å²) in [6.45, 7) is 1.69. The molecule has 7 nitrogen and oxygen atoms in total. The Morgan fingerprint density at radius 2 is 2.00 bits per heavy atom. The number of hydrogen-bond acceptors (Lipinski definition) is 6. The summed E-state index contributed by atoms with van der Waals surface area (Å²) in [5.74, 6) is -0.0192. The van der Waals surface area contributed by atoms with Crippen molar-refractivity contribution < 1.29 is 13.6 Å². The Hall–Kier alpha value is -1.81. The van der Waals surface area contributed by atoms with Crippen LogP contribution in [0.5, 0.6) is 0 Å². The maximum absolute atomic E-state index is 12.2. The van der Waals surface area contributed by atoms with E-state index in [2.05, 4.69) is 20.3 Å². The standard InChI is InChI=1S/C15H18N4O3S2/c20-14(11-5-7-16-8-6-11)18-12-1-3-13(4-2-12)24(21,22)19-15-17-9-10-23-15/h1-4,9-11,16H,5-8H2,(H2-,17,18,19,20,21,22). The van der Waals surface area contributed by atoms with Crippen LogP contribution in [0.15, 0.2) is 40.7 Å². The summed E-state index contributed by atoms with van der Waals surface area (Å²) in [4.78, 5) is 16.2. The molecular weight excluding hydrogens is 348 g/mol. The molecular formula is C15H18N4O3S2. The Morgan fingerprint density at radius 3 is 2.62 bits per heavy atom. The monoisotopic (exact) mass is 366 g/mol. The molecule has 1 amide bonds. The van der Waals surface area contributed by atoms with E-state index in [1.807, 2.05) is 0 Å². The van der Waals surface area contributed by atoms with E-state index in [9.17, 15) is 13.6 Å². The quantitative estimate of drug-likeness (QED) is 0.703. The van der Waals surface area contributed by atoms with E-state index in [1.165, 1.54) is 29.7 Å². The van der Waals surface area contributed by atoms with Gasteiger partial charge in [-0.1, -0.05) is 4.21 Å². The highest BCUT2D eigenvalue weighted by atomic mass is 32.3. The molecule has 128 valence electrons. The molecule has 1 saturated heterocycles. The summed E-state index contributed by atoms with van der Waals surface area (Å²) in [5, 5.41) is 8.07. The molecule has 0 radical (unpaired) electrons. The summed E-state index contributed by atoms with van der Waals surface area (Å²) < 4.78 is 26.9. The largest absolute Gasteiger partial charge is 0.588 e. The second-order valence-corrected chi connectivity index (χ2v) is 8.06. The Labute approximate surface area is 145 Å². The summed E-state index contributed by atoms with van der Waals surface area (Å²) in [5.41, 5.74) is 0.590. The Balaban J connectivity index is 1.64. The van der Waals surface area contributed by atoms with E-state index in [0.29, 0.717) is 10.8 Å². The number of anilines is 2. The maximum Gasteiger partial charge on any atom is 0.227 e. The van der Waals surface area contributed by atoms with Crippen LogP contribution in [0.2, 0.25) is 0 Å². The Bertz CT molecular complexity index is 728. The van der Waals surface area contributed by atoms with Crippen LogP contribution >= 0.6 is 11.3 Å². The fourth-order valence-electron chi connectivity index (χ4n) is 2.49. The van der Waals surface area contributed by atoms with Gasteiger partial charge < -0.3 is 15.2 Å². The van der Waals surface area contributed by atoms with Gasteiger partial charge in [0.15, 0.2) is 15.3 Å². The number of benzene rings is 1. The number of nitrogens with zero attached hydrogens (tertiary/aromatic N) is 1. The number of hydrogen-bond donors (Lipinski definition) is 3. The van der Waals surface area contributed by atoms with Crippen LogP contribution in [-0.2, 0) is 19.4 Å². The molecule has 0 spiro atoms. The lowest BCUT2D eigenvalue weighted by molar-refractivity contribution is -0.120. The third-order valence-electron chi connectivity index (χ3n) is 3.80. The molecule has 1 aromatic carbocycles. The summed E-state index contributed by atoms with van der Waals surface area (Å²) in [6, 6.07) is 6.12. The highest BCUT2D eigenvalue weighted by molar-refractivity contribution is 7.99. The van der Waals surface area contributed by atoms with Crippen molar-refractivity contribution in [3.05, 3.63) is 35.8 Å². The van der Waals surface area contributed by atoms with E-state index >= 15 is 0 Å². The number of carbonyl (C=O) groups excluding carboxylic acids is 1. The molecule has 1 atom stereocenters. The number of sulfonamides is 1. The fourth-order valence-corrected chi connectivity index (χ4v) is 4.28. The van der Waals surface area contributed by atoms with Gasteiger partial charge in [-0.2, -0.15) is 4.72 Å². The summed E-state index contributed by atoms with van der Waals surface area (Å²) in [6.07, 6.45) is 3.16. The summed E-state index contributed by atoms with van der Waals surface area (Å²) >= 11 is 1.21. The number of piperidine rings is 1. The number of nitrogens with one attached hydrogen (secondary N) is 3. The number of carbonyl (C=O) groups is 1. The van der Waals surface area contributed by atoms with E-state index in [-0.39, 0.29) is 16.7 Å². The van der Waals surface area contributed by atoms with E-state index in [1.54, 1.807) is 17.5 Å². The van der Waals surface area contributed by atoms with Crippen LogP contribution in [0, 0.1) is 5.92 Å². The Morgan fingerprint density at radius 1 is 1.29 bits per heavy atom. The van der Waals surface area contributed by atoms with Crippen molar-refractivity contribution in [2.24, 2.45) is 5.92 Å². The third kappa shape index (κ3) is 4.18. The lowest BCUT2D eigenvalue weighted by Crippen LogP contribution is -2.34. The van der Waals surface area contributed by atoms with Crippen molar-refractivity contribution in [1.29, 1.82) is 0 Å². The van der Waals surface area contributed by atoms with Gasteiger partial charge in [0.05, 0.1) is 0 Å². The molecule has 1 aliphatic rings. The molecule has 0 aliphatic carbocycles. The third-order valence-corrected chi connectivity index (χ3v) is 5.97. The molecule has 3 N–H and O–H groups in total. The van der Waals surface area contributed by atoms with Crippen LogP contribution in [0.25, 0.3) is 0 Å². The highest BCUT2D eigenvalue weighted by Gasteiger charge is 2.23. The molecule has 24 heavy (non-hydrogen) atoms. The number of rotatable bonds is 5. The number of aromatic nitrogens is 1. The van der Waals surface area contributed by atoms with Gasteiger partial charge in [-0.25, -0.2) is 4.98 Å². The van der Waals surface area contributed by atoms with Crippen molar-refractivity contribution in [3.8, 4) is 0 Å². The van der Waals surface area contributed by atoms with Gasteiger partial charge >= 0.3 is 0 Å². The first kappa shape index (κ1) is 17.0. The van der Waals surface area contributed by atoms with Crippen molar-refractivity contribution in [2.75, 3.05) is 23.1 Å². The van der Waals surface area contributed by atoms with Gasteiger partial charge in [-0.15, -0.1) is 11.3 Å².